The van der Waals surface area contributed by atoms with Crippen molar-refractivity contribution in [3.05, 3.63) is 71.6 Å². The molecule has 1 aliphatic carbocycles. The SMILES string of the molecule is CC(C)(O[Si](C)(C)C(C)(C)C)c1ncc(-c2ccc3nc4n(c3c2)[C@@H]2C[C@H]4C[C@H](C(F)(F)F)c3cccc(OC(F)F)c32)cn1. The zero-order chi connectivity index (χ0) is 32.7. The van der Waals surface area contributed by atoms with E-state index in [4.69, 9.17) is 14.1 Å². The van der Waals surface area contributed by atoms with Gasteiger partial charge in [0.15, 0.2) is 14.1 Å². The Morgan fingerprint density at radius 2 is 1.62 bits per heavy atom. The highest BCUT2D eigenvalue weighted by molar-refractivity contribution is 6.74. The number of ether oxygens (including phenoxy) is 1. The third-order valence-corrected chi connectivity index (χ3v) is 14.3. The molecule has 0 fully saturated rings. The van der Waals surface area contributed by atoms with Gasteiger partial charge in [-0.2, -0.15) is 22.0 Å². The summed E-state index contributed by atoms with van der Waals surface area (Å²) >= 11 is 0. The van der Waals surface area contributed by atoms with Gasteiger partial charge in [0.2, 0.25) is 0 Å². The number of benzene rings is 2. The molecule has 1 aliphatic heterocycles. The molecule has 0 amide bonds. The number of imidazole rings is 1. The molecule has 4 aromatic rings. The van der Waals surface area contributed by atoms with Gasteiger partial charge in [-0.25, -0.2) is 15.0 Å². The van der Waals surface area contributed by atoms with Gasteiger partial charge >= 0.3 is 12.8 Å². The third-order valence-electron chi connectivity index (χ3n) is 9.68. The standard InChI is InChI=1S/C33H37F5N4O2Si/c1-31(2,3)45(6,7)44-32(4,5)29-39-16-20(17-40-29)18-11-12-23-24(14-18)42-25-15-19(28(42)41-23)13-22(33(36,37)38)21-9-8-10-26(27(21)25)43-30(34)35/h8-12,14,16-17,19,22,25,30H,13,15H2,1-7H3/t19-,22+,25-/m1/s1. The average Bonchev–Trinajstić information content (AvgIpc) is 3.39. The fourth-order valence-electron chi connectivity index (χ4n) is 6.60. The summed E-state index contributed by atoms with van der Waals surface area (Å²) in [6.45, 7) is 11.7. The Morgan fingerprint density at radius 1 is 0.933 bits per heavy atom. The van der Waals surface area contributed by atoms with Crippen LogP contribution < -0.4 is 4.74 Å². The molecule has 0 saturated carbocycles. The Bertz CT molecular complexity index is 1750. The number of fused-ring (bicyclic) bond motifs is 9. The van der Waals surface area contributed by atoms with Crippen LogP contribution in [0.4, 0.5) is 22.0 Å². The van der Waals surface area contributed by atoms with Gasteiger partial charge < -0.3 is 13.7 Å². The van der Waals surface area contributed by atoms with E-state index >= 15 is 0 Å². The van der Waals surface area contributed by atoms with Crippen molar-refractivity contribution in [2.45, 2.75) is 102 Å². The van der Waals surface area contributed by atoms with Crippen molar-refractivity contribution >= 4 is 19.4 Å². The molecular formula is C33H37F5N4O2Si. The number of hydrogen-bond donors (Lipinski definition) is 0. The van der Waals surface area contributed by atoms with Crippen LogP contribution in [0.5, 0.6) is 5.75 Å². The first kappa shape index (κ1) is 31.6. The molecule has 240 valence electrons. The van der Waals surface area contributed by atoms with E-state index in [2.05, 4.69) is 43.8 Å². The van der Waals surface area contributed by atoms with Gasteiger partial charge in [0, 0.05) is 29.4 Å². The molecule has 0 radical (unpaired) electrons. The number of halogens is 5. The van der Waals surface area contributed by atoms with Gasteiger partial charge in [-0.1, -0.05) is 39.0 Å². The normalized spacial score (nSPS) is 20.3. The third kappa shape index (κ3) is 5.53. The van der Waals surface area contributed by atoms with Crippen LogP contribution in [0.15, 0.2) is 48.8 Å². The summed E-state index contributed by atoms with van der Waals surface area (Å²) in [6.07, 6.45) is -0.981. The number of aromatic nitrogens is 4. The van der Waals surface area contributed by atoms with Gasteiger partial charge in [0.05, 0.1) is 23.0 Å². The maximum absolute atomic E-state index is 14.3. The van der Waals surface area contributed by atoms with Crippen LogP contribution in [0.1, 0.15) is 88.1 Å². The van der Waals surface area contributed by atoms with Crippen molar-refractivity contribution in [3.63, 3.8) is 0 Å². The van der Waals surface area contributed by atoms with Gasteiger partial charge in [-0.3, -0.25) is 0 Å². The molecule has 0 saturated heterocycles. The Hall–Kier alpha value is -3.38. The smallest absolute Gasteiger partial charge is 0.395 e. The fraction of sp³-hybridized carbons (Fsp3) is 0.485. The number of hydrogen-bond acceptors (Lipinski definition) is 5. The lowest BCUT2D eigenvalue weighted by molar-refractivity contribution is -0.152. The zero-order valence-electron chi connectivity index (χ0n) is 26.3. The van der Waals surface area contributed by atoms with Crippen molar-refractivity contribution in [2.75, 3.05) is 0 Å². The number of rotatable bonds is 6. The van der Waals surface area contributed by atoms with Crippen LogP contribution in [0.3, 0.4) is 0 Å². The second-order valence-electron chi connectivity index (χ2n) is 14.1. The molecule has 2 aromatic heterocycles. The van der Waals surface area contributed by atoms with E-state index in [1.807, 2.05) is 36.6 Å². The summed E-state index contributed by atoms with van der Waals surface area (Å²) < 4.78 is 83.3. The Balaban J connectivity index is 1.40. The van der Waals surface area contributed by atoms with E-state index < -0.39 is 44.6 Å². The monoisotopic (exact) mass is 644 g/mol. The van der Waals surface area contributed by atoms with Crippen LogP contribution in [-0.4, -0.2) is 40.6 Å². The van der Waals surface area contributed by atoms with E-state index in [0.29, 0.717) is 29.1 Å². The predicted molar refractivity (Wildman–Crippen MR) is 164 cm³/mol. The quantitative estimate of drug-likeness (QED) is 0.155. The van der Waals surface area contributed by atoms with Crippen molar-refractivity contribution < 1.29 is 31.1 Å². The summed E-state index contributed by atoms with van der Waals surface area (Å²) in [7, 11) is -2.10. The molecule has 45 heavy (non-hydrogen) atoms. The van der Waals surface area contributed by atoms with Crippen molar-refractivity contribution in [3.8, 4) is 16.9 Å². The van der Waals surface area contributed by atoms with Crippen LogP contribution in [-0.2, 0) is 10.0 Å². The topological polar surface area (TPSA) is 62.1 Å². The second-order valence-corrected chi connectivity index (χ2v) is 18.9. The maximum atomic E-state index is 14.3. The van der Waals surface area contributed by atoms with E-state index in [9.17, 15) is 22.0 Å². The van der Waals surface area contributed by atoms with Crippen molar-refractivity contribution in [1.29, 1.82) is 0 Å². The van der Waals surface area contributed by atoms with Gasteiger partial charge in [0.25, 0.3) is 0 Å². The molecule has 12 heteroatoms. The molecule has 2 aliphatic rings. The minimum absolute atomic E-state index is 0.0168. The molecular weight excluding hydrogens is 607 g/mol. The lowest BCUT2D eigenvalue weighted by Gasteiger charge is -2.42. The summed E-state index contributed by atoms with van der Waals surface area (Å²) in [5, 5.41) is 0.0168. The minimum atomic E-state index is -4.55. The summed E-state index contributed by atoms with van der Waals surface area (Å²) in [4.78, 5) is 14.1. The zero-order valence-corrected chi connectivity index (χ0v) is 27.3. The van der Waals surface area contributed by atoms with E-state index in [1.54, 1.807) is 12.4 Å². The highest BCUT2D eigenvalue weighted by atomic mass is 28.4. The highest BCUT2D eigenvalue weighted by Crippen LogP contribution is 2.56. The van der Waals surface area contributed by atoms with Gasteiger partial charge in [-0.15, -0.1) is 0 Å². The van der Waals surface area contributed by atoms with Crippen molar-refractivity contribution in [1.82, 2.24) is 19.5 Å². The Kier molecular flexibility index (Phi) is 7.43. The van der Waals surface area contributed by atoms with Gasteiger partial charge in [0.1, 0.15) is 17.2 Å². The lowest BCUT2D eigenvalue weighted by atomic mass is 9.87. The molecule has 0 spiro atoms. The van der Waals surface area contributed by atoms with Gasteiger partial charge in [-0.05, 0) is 74.1 Å². The van der Waals surface area contributed by atoms with E-state index in [-0.39, 0.29) is 28.3 Å². The molecule has 3 heterocycles. The maximum Gasteiger partial charge on any atom is 0.395 e. The second kappa shape index (κ2) is 10.6. The van der Waals surface area contributed by atoms with Crippen LogP contribution in [0.25, 0.3) is 22.2 Å². The fourth-order valence-corrected chi connectivity index (χ4v) is 8.28. The molecule has 3 atom stereocenters. The molecule has 2 aromatic carbocycles. The summed E-state index contributed by atoms with van der Waals surface area (Å²) in [5.74, 6) is -1.46. The van der Waals surface area contributed by atoms with Crippen LogP contribution >= 0.6 is 0 Å². The lowest BCUT2D eigenvalue weighted by Crippen LogP contribution is -2.46. The minimum Gasteiger partial charge on any atom is -0.434 e. The largest absolute Gasteiger partial charge is 0.434 e. The molecule has 0 N–H and O–H groups in total. The first-order valence-corrected chi connectivity index (χ1v) is 18.0. The summed E-state index contributed by atoms with van der Waals surface area (Å²) in [6, 6.07) is 9.01. The Morgan fingerprint density at radius 3 is 2.24 bits per heavy atom. The molecule has 6 nitrogen and oxygen atoms in total. The predicted octanol–water partition coefficient (Wildman–Crippen LogP) is 9.48. The molecule has 0 unspecified atom stereocenters. The van der Waals surface area contributed by atoms with E-state index in [1.165, 1.54) is 18.2 Å². The van der Waals surface area contributed by atoms with Crippen LogP contribution in [0, 0.1) is 0 Å². The van der Waals surface area contributed by atoms with Crippen LogP contribution in [0.2, 0.25) is 18.1 Å². The number of nitrogens with zero attached hydrogens (tertiary/aromatic N) is 4. The molecule has 2 bridgehead atoms. The Labute approximate surface area is 260 Å². The van der Waals surface area contributed by atoms with Crippen molar-refractivity contribution in [2.24, 2.45) is 0 Å². The average molecular weight is 645 g/mol. The first-order valence-electron chi connectivity index (χ1n) is 15.1. The molecule has 6 rings (SSSR count). The van der Waals surface area contributed by atoms with E-state index in [0.717, 1.165) is 11.1 Å². The summed E-state index contributed by atoms with van der Waals surface area (Å²) in [5.41, 5.74) is 2.27. The highest BCUT2D eigenvalue weighted by Gasteiger charge is 2.50. The first-order chi connectivity index (χ1) is 20.9. The number of alkyl halides is 5.